The zero-order valence-corrected chi connectivity index (χ0v) is 11.9. The molecule has 0 bridgehead atoms. The van der Waals surface area contributed by atoms with Crippen LogP contribution in [0, 0.1) is 0 Å². The molecule has 0 amide bonds. The smallest absolute Gasteiger partial charge is 0.253 e. The fourth-order valence-electron chi connectivity index (χ4n) is 2.11. The van der Waals surface area contributed by atoms with E-state index in [0.717, 1.165) is 37.0 Å². The zero-order valence-electron chi connectivity index (χ0n) is 10.3. The maximum absolute atomic E-state index is 6.11. The molecule has 1 aliphatic rings. The number of ether oxygens (including phenoxy) is 1. The Morgan fingerprint density at radius 2 is 1.74 bits per heavy atom. The first-order valence-corrected chi connectivity index (χ1v) is 6.50. The number of benzene rings is 1. The summed E-state index contributed by atoms with van der Waals surface area (Å²) in [6, 6.07) is 7.65. The van der Waals surface area contributed by atoms with Crippen molar-refractivity contribution in [3.05, 3.63) is 29.4 Å². The highest BCUT2D eigenvalue weighted by Crippen LogP contribution is 2.25. The quantitative estimate of drug-likeness (QED) is 0.926. The van der Waals surface area contributed by atoms with E-state index in [1.54, 1.807) is 0 Å². The summed E-state index contributed by atoms with van der Waals surface area (Å²) in [5.74, 6) is 0.447. The molecule has 0 atom stereocenters. The highest BCUT2D eigenvalue weighted by atomic mass is 35.5. The van der Waals surface area contributed by atoms with Gasteiger partial charge in [0.1, 0.15) is 6.10 Å². The van der Waals surface area contributed by atoms with Gasteiger partial charge in [-0.1, -0.05) is 23.7 Å². The van der Waals surface area contributed by atoms with Crippen molar-refractivity contribution in [1.29, 1.82) is 0 Å². The third-order valence-corrected chi connectivity index (χ3v) is 3.31. The van der Waals surface area contributed by atoms with Crippen LogP contribution in [-0.2, 0) is 0 Å². The van der Waals surface area contributed by atoms with Gasteiger partial charge in [0.15, 0.2) is 5.15 Å². The van der Waals surface area contributed by atoms with Crippen molar-refractivity contribution in [2.24, 2.45) is 0 Å². The van der Waals surface area contributed by atoms with E-state index in [4.69, 9.17) is 16.3 Å². The van der Waals surface area contributed by atoms with Crippen LogP contribution in [0.5, 0.6) is 5.88 Å². The summed E-state index contributed by atoms with van der Waals surface area (Å²) < 4.78 is 5.85. The van der Waals surface area contributed by atoms with E-state index in [1.165, 1.54) is 0 Å². The van der Waals surface area contributed by atoms with Gasteiger partial charge in [0.05, 0.1) is 11.0 Å². The molecule has 1 aromatic carbocycles. The topological polar surface area (TPSA) is 47.0 Å². The van der Waals surface area contributed by atoms with Crippen molar-refractivity contribution >= 4 is 35.0 Å². The first-order chi connectivity index (χ1) is 8.83. The van der Waals surface area contributed by atoms with E-state index in [0.29, 0.717) is 11.0 Å². The predicted molar refractivity (Wildman–Crippen MR) is 78.3 cm³/mol. The average molecular weight is 300 g/mol. The number of rotatable bonds is 2. The van der Waals surface area contributed by atoms with Crippen molar-refractivity contribution in [2.75, 3.05) is 13.1 Å². The molecule has 2 aromatic rings. The molecule has 3 rings (SSSR count). The molecule has 1 fully saturated rings. The molecular weight excluding hydrogens is 285 g/mol. The van der Waals surface area contributed by atoms with Gasteiger partial charge >= 0.3 is 0 Å². The van der Waals surface area contributed by atoms with Crippen molar-refractivity contribution in [3.63, 3.8) is 0 Å². The fourth-order valence-corrected chi connectivity index (χ4v) is 2.29. The zero-order chi connectivity index (χ0) is 12.4. The highest BCUT2D eigenvalue weighted by Gasteiger charge is 2.17. The molecule has 19 heavy (non-hydrogen) atoms. The maximum atomic E-state index is 6.11. The number of hydrogen-bond donors (Lipinski definition) is 1. The number of nitrogens with zero attached hydrogens (tertiary/aromatic N) is 2. The van der Waals surface area contributed by atoms with Crippen molar-refractivity contribution in [3.8, 4) is 5.88 Å². The van der Waals surface area contributed by atoms with Crippen LogP contribution in [0.2, 0.25) is 5.15 Å². The molecule has 1 N–H and O–H groups in total. The van der Waals surface area contributed by atoms with E-state index in [-0.39, 0.29) is 18.5 Å². The molecule has 2 heterocycles. The SMILES string of the molecule is Cl.Clc1nc2ccccc2nc1OC1CCNCC1. The Hall–Kier alpha value is -1.10. The normalized spacial score (nSPS) is 16.1. The van der Waals surface area contributed by atoms with Crippen LogP contribution in [0.1, 0.15) is 12.8 Å². The van der Waals surface area contributed by atoms with Crippen LogP contribution in [0.25, 0.3) is 11.0 Å². The monoisotopic (exact) mass is 299 g/mol. The average Bonchev–Trinajstić information content (AvgIpc) is 2.41. The molecule has 0 spiro atoms. The Bertz CT molecular complexity index is 559. The molecule has 0 saturated carbocycles. The van der Waals surface area contributed by atoms with Gasteiger partial charge in [-0.05, 0) is 38.1 Å². The molecule has 0 aliphatic carbocycles. The first-order valence-electron chi connectivity index (χ1n) is 6.12. The van der Waals surface area contributed by atoms with Crippen LogP contribution in [0.4, 0.5) is 0 Å². The molecule has 6 heteroatoms. The Morgan fingerprint density at radius 1 is 1.11 bits per heavy atom. The fraction of sp³-hybridized carbons (Fsp3) is 0.385. The van der Waals surface area contributed by atoms with E-state index in [9.17, 15) is 0 Å². The van der Waals surface area contributed by atoms with Gasteiger partial charge in [-0.2, -0.15) is 0 Å². The number of hydrogen-bond acceptors (Lipinski definition) is 4. The molecule has 102 valence electrons. The second kappa shape index (κ2) is 6.37. The number of fused-ring (bicyclic) bond motifs is 1. The molecular formula is C13H15Cl2N3O. The Morgan fingerprint density at radius 3 is 2.42 bits per heavy atom. The number of halogens is 2. The van der Waals surface area contributed by atoms with Gasteiger partial charge in [0.2, 0.25) is 0 Å². The number of nitrogens with one attached hydrogen (secondary N) is 1. The van der Waals surface area contributed by atoms with Crippen molar-refractivity contribution in [2.45, 2.75) is 18.9 Å². The summed E-state index contributed by atoms with van der Waals surface area (Å²) in [4.78, 5) is 8.74. The highest BCUT2D eigenvalue weighted by molar-refractivity contribution is 6.31. The first kappa shape index (κ1) is 14.3. The van der Waals surface area contributed by atoms with Gasteiger partial charge in [-0.25, -0.2) is 9.97 Å². The predicted octanol–water partition coefficient (Wildman–Crippen LogP) is 2.84. The molecule has 1 aromatic heterocycles. The summed E-state index contributed by atoms with van der Waals surface area (Å²) in [6.45, 7) is 1.95. The Labute approximate surface area is 122 Å². The maximum Gasteiger partial charge on any atom is 0.253 e. The molecule has 0 radical (unpaired) electrons. The van der Waals surface area contributed by atoms with Crippen LogP contribution in [0.15, 0.2) is 24.3 Å². The van der Waals surface area contributed by atoms with Crippen LogP contribution in [0.3, 0.4) is 0 Å². The van der Waals surface area contributed by atoms with Gasteiger partial charge in [0, 0.05) is 0 Å². The summed E-state index contributed by atoms with van der Waals surface area (Å²) in [5.41, 5.74) is 1.60. The van der Waals surface area contributed by atoms with Gasteiger partial charge in [-0.3, -0.25) is 0 Å². The third-order valence-electron chi connectivity index (χ3n) is 3.06. The standard InChI is InChI=1S/C13H14ClN3O.ClH/c14-12-13(18-9-5-7-15-8-6-9)17-11-4-2-1-3-10(11)16-12;/h1-4,9,15H,5-8H2;1H. The lowest BCUT2D eigenvalue weighted by Gasteiger charge is -2.23. The molecule has 4 nitrogen and oxygen atoms in total. The Balaban J connectivity index is 0.00000133. The van der Waals surface area contributed by atoms with E-state index >= 15 is 0 Å². The second-order valence-electron chi connectivity index (χ2n) is 4.38. The van der Waals surface area contributed by atoms with Crippen molar-refractivity contribution in [1.82, 2.24) is 15.3 Å². The van der Waals surface area contributed by atoms with E-state index in [2.05, 4.69) is 15.3 Å². The molecule has 0 unspecified atom stereocenters. The lowest BCUT2D eigenvalue weighted by atomic mass is 10.1. The van der Waals surface area contributed by atoms with E-state index < -0.39 is 0 Å². The van der Waals surface area contributed by atoms with E-state index in [1.807, 2.05) is 24.3 Å². The second-order valence-corrected chi connectivity index (χ2v) is 4.73. The lowest BCUT2D eigenvalue weighted by molar-refractivity contribution is 0.156. The summed E-state index contributed by atoms with van der Waals surface area (Å²) in [5, 5.41) is 3.64. The lowest BCUT2D eigenvalue weighted by Crippen LogP contribution is -2.34. The summed E-state index contributed by atoms with van der Waals surface area (Å²) in [7, 11) is 0. The van der Waals surface area contributed by atoms with Gasteiger partial charge in [-0.15, -0.1) is 12.4 Å². The van der Waals surface area contributed by atoms with Crippen LogP contribution < -0.4 is 10.1 Å². The van der Waals surface area contributed by atoms with Gasteiger partial charge in [0.25, 0.3) is 5.88 Å². The number of para-hydroxylation sites is 2. The van der Waals surface area contributed by atoms with Gasteiger partial charge < -0.3 is 10.1 Å². The third kappa shape index (κ3) is 3.26. The summed E-state index contributed by atoms with van der Waals surface area (Å²) in [6.07, 6.45) is 2.13. The van der Waals surface area contributed by atoms with Crippen molar-refractivity contribution < 1.29 is 4.74 Å². The number of aromatic nitrogens is 2. The molecule has 1 aliphatic heterocycles. The minimum atomic E-state index is 0. The minimum absolute atomic E-state index is 0. The molecule has 1 saturated heterocycles. The largest absolute Gasteiger partial charge is 0.472 e. The van der Waals surface area contributed by atoms with Crippen LogP contribution in [-0.4, -0.2) is 29.2 Å². The van der Waals surface area contributed by atoms with Crippen LogP contribution >= 0.6 is 24.0 Å². The number of piperidine rings is 1. The Kier molecular flexibility index (Phi) is 4.80. The minimum Gasteiger partial charge on any atom is -0.472 e. The summed E-state index contributed by atoms with van der Waals surface area (Å²) >= 11 is 6.11.